The molecule has 0 radical (unpaired) electrons. The molecule has 0 saturated heterocycles. The summed E-state index contributed by atoms with van der Waals surface area (Å²) in [6, 6.07) is 4.03. The number of phenols is 2. The number of carbonyl (C=O) groups is 1. The maximum Gasteiger partial charge on any atom is 0.247 e. The maximum absolute atomic E-state index is 11.5. The molecule has 0 aliphatic rings. The first-order chi connectivity index (χ1) is 9.54. The minimum atomic E-state index is -0.379. The van der Waals surface area contributed by atoms with Crippen molar-refractivity contribution in [1.29, 1.82) is 0 Å². The van der Waals surface area contributed by atoms with Gasteiger partial charge in [0.25, 0.3) is 0 Å². The molecule has 5 N–H and O–H groups in total. The molecular weight excluding hydrogens is 282 g/mol. The van der Waals surface area contributed by atoms with Gasteiger partial charge in [0, 0.05) is 11.6 Å². The van der Waals surface area contributed by atoms with Crippen LogP contribution in [0, 0.1) is 0 Å². The summed E-state index contributed by atoms with van der Waals surface area (Å²) in [7, 11) is 0. The van der Waals surface area contributed by atoms with E-state index in [1.165, 1.54) is 24.4 Å². The molecule has 104 valence electrons. The lowest BCUT2D eigenvalue weighted by atomic mass is 10.2. The third-order valence-electron chi connectivity index (χ3n) is 2.20. The number of aromatic nitrogens is 2. The Kier molecular flexibility index (Phi) is 4.11. The largest absolute Gasteiger partial charge is 0.508 e. The zero-order chi connectivity index (χ0) is 14.5. The summed E-state index contributed by atoms with van der Waals surface area (Å²) in [5, 5.41) is 30.4. The monoisotopic (exact) mass is 293 g/mol. The minimum absolute atomic E-state index is 0.0216. The Bertz CT molecular complexity index is 655. The van der Waals surface area contributed by atoms with Crippen molar-refractivity contribution in [2.24, 2.45) is 5.10 Å². The number of nitrogens with two attached hydrogens (primary N) is 1. The molecule has 0 bridgehead atoms. The highest BCUT2D eigenvalue weighted by molar-refractivity contribution is 7.15. The average molecular weight is 293 g/mol. The van der Waals surface area contributed by atoms with E-state index in [2.05, 4.69) is 20.7 Å². The van der Waals surface area contributed by atoms with Crippen molar-refractivity contribution in [1.82, 2.24) is 15.6 Å². The molecule has 9 heteroatoms. The van der Waals surface area contributed by atoms with Crippen molar-refractivity contribution in [3.05, 3.63) is 28.8 Å². The number of nitrogens with one attached hydrogen (secondary N) is 1. The first-order valence-corrected chi connectivity index (χ1v) is 6.28. The van der Waals surface area contributed by atoms with Crippen molar-refractivity contribution in [3.8, 4) is 11.5 Å². The maximum atomic E-state index is 11.5. The van der Waals surface area contributed by atoms with Gasteiger partial charge in [0.15, 0.2) is 0 Å². The van der Waals surface area contributed by atoms with Gasteiger partial charge in [-0.25, -0.2) is 5.43 Å². The van der Waals surface area contributed by atoms with E-state index in [9.17, 15) is 9.90 Å². The van der Waals surface area contributed by atoms with E-state index in [1.54, 1.807) is 0 Å². The molecule has 1 aromatic heterocycles. The molecule has 0 unspecified atom stereocenters. The summed E-state index contributed by atoms with van der Waals surface area (Å²) < 4.78 is 0. The van der Waals surface area contributed by atoms with Crippen LogP contribution in [0.5, 0.6) is 11.5 Å². The number of amides is 1. The lowest BCUT2D eigenvalue weighted by molar-refractivity contribution is -0.120. The zero-order valence-electron chi connectivity index (χ0n) is 10.1. The molecule has 0 aliphatic heterocycles. The molecule has 20 heavy (non-hydrogen) atoms. The van der Waals surface area contributed by atoms with Crippen LogP contribution in [0.2, 0.25) is 0 Å². The van der Waals surface area contributed by atoms with Gasteiger partial charge in [0.2, 0.25) is 11.0 Å². The standard InChI is InChI=1S/C11H11N5O3S/c12-11-16-15-10(20-11)4-9(19)14-13-5-6-1-2-7(17)3-8(6)18/h1-3,5,17-18H,4H2,(H2,12,16)(H,14,19). The van der Waals surface area contributed by atoms with E-state index in [-0.39, 0.29) is 23.8 Å². The van der Waals surface area contributed by atoms with Gasteiger partial charge in [-0.1, -0.05) is 11.3 Å². The Labute approximate surface area is 117 Å². The predicted octanol–water partition coefficient (Wildman–Crippen LogP) is 0.224. The van der Waals surface area contributed by atoms with E-state index in [4.69, 9.17) is 10.8 Å². The van der Waals surface area contributed by atoms with Gasteiger partial charge in [-0.05, 0) is 12.1 Å². The van der Waals surface area contributed by atoms with Crippen LogP contribution in [0.25, 0.3) is 0 Å². The molecule has 0 saturated carbocycles. The van der Waals surface area contributed by atoms with Gasteiger partial charge < -0.3 is 15.9 Å². The highest BCUT2D eigenvalue weighted by atomic mass is 32.1. The Morgan fingerprint density at radius 3 is 2.90 bits per heavy atom. The Morgan fingerprint density at radius 1 is 1.45 bits per heavy atom. The summed E-state index contributed by atoms with van der Waals surface area (Å²) >= 11 is 1.13. The van der Waals surface area contributed by atoms with Gasteiger partial charge in [-0.15, -0.1) is 10.2 Å². The second kappa shape index (κ2) is 5.97. The third-order valence-corrected chi connectivity index (χ3v) is 2.95. The number of aromatic hydroxyl groups is 2. The van der Waals surface area contributed by atoms with Crippen LogP contribution in [0.3, 0.4) is 0 Å². The number of anilines is 1. The summed E-state index contributed by atoms with van der Waals surface area (Å²) in [5.41, 5.74) is 8.04. The predicted molar refractivity (Wildman–Crippen MR) is 73.5 cm³/mol. The van der Waals surface area contributed by atoms with Crippen LogP contribution in [-0.2, 0) is 11.2 Å². The molecular formula is C11H11N5O3S. The highest BCUT2D eigenvalue weighted by Gasteiger charge is 2.07. The van der Waals surface area contributed by atoms with Gasteiger partial charge >= 0.3 is 0 Å². The molecule has 0 atom stereocenters. The van der Waals surface area contributed by atoms with Crippen molar-refractivity contribution in [3.63, 3.8) is 0 Å². The molecule has 1 amide bonds. The first-order valence-electron chi connectivity index (χ1n) is 5.46. The van der Waals surface area contributed by atoms with Crippen LogP contribution in [0.4, 0.5) is 5.13 Å². The fourth-order valence-electron chi connectivity index (χ4n) is 1.33. The van der Waals surface area contributed by atoms with E-state index in [0.717, 1.165) is 11.3 Å². The number of rotatable bonds is 4. The number of benzene rings is 1. The van der Waals surface area contributed by atoms with Crippen molar-refractivity contribution < 1.29 is 15.0 Å². The normalized spacial score (nSPS) is 10.8. The Hall–Kier alpha value is -2.68. The van der Waals surface area contributed by atoms with Crippen molar-refractivity contribution in [2.45, 2.75) is 6.42 Å². The molecule has 0 spiro atoms. The van der Waals surface area contributed by atoms with Gasteiger partial charge in [0.1, 0.15) is 16.5 Å². The number of carbonyl (C=O) groups excluding carboxylic acids is 1. The van der Waals surface area contributed by atoms with Crippen molar-refractivity contribution >= 4 is 28.6 Å². The van der Waals surface area contributed by atoms with Crippen LogP contribution in [-0.4, -0.2) is 32.5 Å². The Morgan fingerprint density at radius 2 is 2.25 bits per heavy atom. The van der Waals surface area contributed by atoms with Crippen LogP contribution >= 0.6 is 11.3 Å². The van der Waals surface area contributed by atoms with Gasteiger partial charge in [-0.2, -0.15) is 5.10 Å². The number of hydrogen-bond donors (Lipinski definition) is 4. The SMILES string of the molecule is Nc1nnc(CC(=O)NN=Cc2ccc(O)cc2O)s1. The van der Waals surface area contributed by atoms with Crippen molar-refractivity contribution in [2.75, 3.05) is 5.73 Å². The van der Waals surface area contributed by atoms with E-state index >= 15 is 0 Å². The molecule has 0 aliphatic carbocycles. The molecule has 2 rings (SSSR count). The molecule has 0 fully saturated rings. The number of hydrazone groups is 1. The smallest absolute Gasteiger partial charge is 0.247 e. The van der Waals surface area contributed by atoms with Gasteiger partial charge in [-0.3, -0.25) is 4.79 Å². The highest BCUT2D eigenvalue weighted by Crippen LogP contribution is 2.20. The van der Waals surface area contributed by atoms with E-state index in [0.29, 0.717) is 15.7 Å². The first kappa shape index (κ1) is 13.7. The molecule has 1 aromatic carbocycles. The molecule has 8 nitrogen and oxygen atoms in total. The van der Waals surface area contributed by atoms with Gasteiger partial charge in [0.05, 0.1) is 12.6 Å². The number of nitrogen functional groups attached to an aromatic ring is 1. The zero-order valence-corrected chi connectivity index (χ0v) is 11.0. The van der Waals surface area contributed by atoms with Crippen LogP contribution in [0.15, 0.2) is 23.3 Å². The lowest BCUT2D eigenvalue weighted by Gasteiger charge is -1.99. The minimum Gasteiger partial charge on any atom is -0.508 e. The molecule has 1 heterocycles. The summed E-state index contributed by atoms with van der Waals surface area (Å²) in [5.74, 6) is -0.576. The lowest BCUT2D eigenvalue weighted by Crippen LogP contribution is -2.19. The second-order valence-electron chi connectivity index (χ2n) is 3.75. The second-order valence-corrected chi connectivity index (χ2v) is 4.84. The average Bonchev–Trinajstić information content (AvgIpc) is 2.77. The summed E-state index contributed by atoms with van der Waals surface area (Å²) in [6.45, 7) is 0. The number of phenolic OH excluding ortho intramolecular Hbond substituents is 2. The number of nitrogens with zero attached hydrogens (tertiary/aromatic N) is 3. The topological polar surface area (TPSA) is 134 Å². The fraction of sp³-hybridized carbons (Fsp3) is 0.0909. The number of hydrogen-bond acceptors (Lipinski definition) is 8. The van der Waals surface area contributed by atoms with E-state index < -0.39 is 0 Å². The fourth-order valence-corrected chi connectivity index (χ4v) is 1.94. The quantitative estimate of drug-likeness (QED) is 0.471. The van der Waals surface area contributed by atoms with Crippen LogP contribution in [0.1, 0.15) is 10.6 Å². The summed E-state index contributed by atoms with van der Waals surface area (Å²) in [6.07, 6.45) is 1.29. The van der Waals surface area contributed by atoms with E-state index in [1.807, 2.05) is 0 Å². The van der Waals surface area contributed by atoms with Crippen LogP contribution < -0.4 is 11.2 Å². The third kappa shape index (κ3) is 3.65. The Balaban J connectivity index is 1.91. The molecule has 2 aromatic rings. The summed E-state index contributed by atoms with van der Waals surface area (Å²) in [4.78, 5) is 11.5.